The summed E-state index contributed by atoms with van der Waals surface area (Å²) in [5.74, 6) is 0.586. The lowest BCUT2D eigenvalue weighted by atomic mass is 10.1. The lowest BCUT2D eigenvalue weighted by molar-refractivity contribution is -0.119. The number of anilines is 1. The summed E-state index contributed by atoms with van der Waals surface area (Å²) >= 11 is 0. The van der Waals surface area contributed by atoms with E-state index in [1.165, 1.54) is 0 Å². The normalized spacial score (nSPS) is 12.0. The van der Waals surface area contributed by atoms with Crippen molar-refractivity contribution in [2.24, 2.45) is 5.73 Å². The SMILES string of the molecule is CCC[C@H](N)C(=O)N(C)c1ccccc1OC. The third-order valence-electron chi connectivity index (χ3n) is 2.69. The number of amides is 1. The van der Waals surface area contributed by atoms with E-state index in [2.05, 4.69) is 0 Å². The Morgan fingerprint density at radius 1 is 1.47 bits per heavy atom. The van der Waals surface area contributed by atoms with Gasteiger partial charge in [-0.3, -0.25) is 4.79 Å². The van der Waals surface area contributed by atoms with E-state index in [1.807, 2.05) is 31.2 Å². The summed E-state index contributed by atoms with van der Waals surface area (Å²) in [6.07, 6.45) is 1.59. The molecule has 0 fully saturated rings. The number of likely N-dealkylation sites (N-methyl/N-ethyl adjacent to an activating group) is 1. The van der Waals surface area contributed by atoms with Gasteiger partial charge in [0.15, 0.2) is 0 Å². The van der Waals surface area contributed by atoms with Crippen molar-refractivity contribution < 1.29 is 9.53 Å². The van der Waals surface area contributed by atoms with Gasteiger partial charge in [-0.25, -0.2) is 0 Å². The van der Waals surface area contributed by atoms with E-state index >= 15 is 0 Å². The fourth-order valence-corrected chi connectivity index (χ4v) is 1.71. The first kappa shape index (κ1) is 13.5. The zero-order valence-corrected chi connectivity index (χ0v) is 10.6. The first-order valence-electron chi connectivity index (χ1n) is 5.78. The maximum atomic E-state index is 12.0. The number of nitrogens with two attached hydrogens (primary N) is 1. The molecule has 0 aliphatic heterocycles. The van der Waals surface area contributed by atoms with Gasteiger partial charge in [-0.15, -0.1) is 0 Å². The quantitative estimate of drug-likeness (QED) is 0.848. The van der Waals surface area contributed by atoms with E-state index in [0.29, 0.717) is 12.2 Å². The highest BCUT2D eigenvalue weighted by atomic mass is 16.5. The van der Waals surface area contributed by atoms with Crippen molar-refractivity contribution in [2.75, 3.05) is 19.1 Å². The minimum Gasteiger partial charge on any atom is -0.495 e. The van der Waals surface area contributed by atoms with E-state index in [4.69, 9.17) is 10.5 Å². The smallest absolute Gasteiger partial charge is 0.243 e. The van der Waals surface area contributed by atoms with Crippen LogP contribution >= 0.6 is 0 Å². The van der Waals surface area contributed by atoms with Gasteiger partial charge >= 0.3 is 0 Å². The average Bonchev–Trinajstić information content (AvgIpc) is 2.37. The zero-order valence-electron chi connectivity index (χ0n) is 10.6. The molecule has 94 valence electrons. The Bertz CT molecular complexity index is 379. The summed E-state index contributed by atoms with van der Waals surface area (Å²) in [7, 11) is 3.30. The molecule has 1 aromatic rings. The van der Waals surface area contributed by atoms with Crippen LogP contribution < -0.4 is 15.4 Å². The zero-order chi connectivity index (χ0) is 12.8. The van der Waals surface area contributed by atoms with Crippen molar-refractivity contribution in [3.63, 3.8) is 0 Å². The number of para-hydroxylation sites is 2. The number of methoxy groups -OCH3 is 1. The van der Waals surface area contributed by atoms with Gasteiger partial charge in [-0.1, -0.05) is 25.5 Å². The van der Waals surface area contributed by atoms with Crippen LogP contribution in [0.2, 0.25) is 0 Å². The van der Waals surface area contributed by atoms with Crippen molar-refractivity contribution in [1.82, 2.24) is 0 Å². The summed E-state index contributed by atoms with van der Waals surface area (Å²) in [6, 6.07) is 6.95. The predicted octanol–water partition coefficient (Wildman–Crippen LogP) is 1.79. The summed E-state index contributed by atoms with van der Waals surface area (Å²) in [6.45, 7) is 2.01. The third kappa shape index (κ3) is 3.20. The average molecular weight is 236 g/mol. The van der Waals surface area contributed by atoms with Gasteiger partial charge in [0.05, 0.1) is 18.8 Å². The maximum Gasteiger partial charge on any atom is 0.243 e. The van der Waals surface area contributed by atoms with Crippen LogP contribution in [0.3, 0.4) is 0 Å². The Hall–Kier alpha value is -1.55. The van der Waals surface area contributed by atoms with Gasteiger partial charge in [-0.05, 0) is 18.6 Å². The molecule has 17 heavy (non-hydrogen) atoms. The molecule has 0 spiro atoms. The largest absolute Gasteiger partial charge is 0.495 e. The lowest BCUT2D eigenvalue weighted by Crippen LogP contribution is -2.41. The molecular weight excluding hydrogens is 216 g/mol. The van der Waals surface area contributed by atoms with E-state index in [0.717, 1.165) is 12.1 Å². The summed E-state index contributed by atoms with van der Waals surface area (Å²) in [5.41, 5.74) is 6.57. The van der Waals surface area contributed by atoms with Crippen LogP contribution in [0.4, 0.5) is 5.69 Å². The van der Waals surface area contributed by atoms with Crippen LogP contribution in [0.15, 0.2) is 24.3 Å². The number of hydrogen-bond donors (Lipinski definition) is 1. The molecule has 0 aliphatic rings. The van der Waals surface area contributed by atoms with Crippen molar-refractivity contribution in [2.45, 2.75) is 25.8 Å². The Labute approximate surface area is 102 Å². The number of rotatable bonds is 5. The minimum atomic E-state index is -0.449. The summed E-state index contributed by atoms with van der Waals surface area (Å²) in [5, 5.41) is 0. The summed E-state index contributed by atoms with van der Waals surface area (Å²) in [4.78, 5) is 13.6. The molecule has 1 amide bonds. The van der Waals surface area contributed by atoms with Gasteiger partial charge in [0.25, 0.3) is 0 Å². The van der Waals surface area contributed by atoms with Gasteiger partial charge in [0.1, 0.15) is 5.75 Å². The third-order valence-corrected chi connectivity index (χ3v) is 2.69. The number of hydrogen-bond acceptors (Lipinski definition) is 3. The fraction of sp³-hybridized carbons (Fsp3) is 0.462. The van der Waals surface area contributed by atoms with E-state index in [1.54, 1.807) is 19.1 Å². The molecule has 1 aromatic carbocycles. The topological polar surface area (TPSA) is 55.6 Å². The number of carbonyl (C=O) groups excluding carboxylic acids is 1. The Balaban J connectivity index is 2.88. The van der Waals surface area contributed by atoms with Crippen molar-refractivity contribution in [3.8, 4) is 5.75 Å². The number of carbonyl (C=O) groups is 1. The summed E-state index contributed by atoms with van der Waals surface area (Å²) < 4.78 is 5.22. The second-order valence-corrected chi connectivity index (χ2v) is 3.96. The highest BCUT2D eigenvalue weighted by Crippen LogP contribution is 2.26. The molecular formula is C13H20N2O2. The van der Waals surface area contributed by atoms with Crippen molar-refractivity contribution in [3.05, 3.63) is 24.3 Å². The molecule has 0 saturated carbocycles. The molecule has 4 nitrogen and oxygen atoms in total. The standard InChI is InChI=1S/C13H20N2O2/c1-4-7-10(14)13(16)15(2)11-8-5-6-9-12(11)17-3/h5-6,8-10H,4,7,14H2,1-3H3/t10-/m0/s1. The van der Waals surface area contributed by atoms with E-state index < -0.39 is 6.04 Å². The molecule has 0 saturated heterocycles. The highest BCUT2D eigenvalue weighted by molar-refractivity contribution is 5.97. The fourth-order valence-electron chi connectivity index (χ4n) is 1.71. The molecule has 0 bridgehead atoms. The monoisotopic (exact) mass is 236 g/mol. The van der Waals surface area contributed by atoms with Gasteiger partial charge in [-0.2, -0.15) is 0 Å². The molecule has 0 radical (unpaired) electrons. The van der Waals surface area contributed by atoms with E-state index in [-0.39, 0.29) is 5.91 Å². The lowest BCUT2D eigenvalue weighted by Gasteiger charge is -2.22. The Morgan fingerprint density at radius 2 is 2.12 bits per heavy atom. The minimum absolute atomic E-state index is 0.0867. The molecule has 0 aliphatic carbocycles. The van der Waals surface area contributed by atoms with Crippen LogP contribution in [0, 0.1) is 0 Å². The van der Waals surface area contributed by atoms with Crippen LogP contribution in [-0.4, -0.2) is 26.1 Å². The van der Waals surface area contributed by atoms with Gasteiger partial charge in [0, 0.05) is 7.05 Å². The Kier molecular flexibility index (Phi) is 4.97. The van der Waals surface area contributed by atoms with Crippen molar-refractivity contribution >= 4 is 11.6 Å². The number of nitrogens with zero attached hydrogens (tertiary/aromatic N) is 1. The van der Waals surface area contributed by atoms with Crippen LogP contribution in [0.25, 0.3) is 0 Å². The predicted molar refractivity (Wildman–Crippen MR) is 69.3 cm³/mol. The Morgan fingerprint density at radius 3 is 2.71 bits per heavy atom. The van der Waals surface area contributed by atoms with Crippen molar-refractivity contribution in [1.29, 1.82) is 0 Å². The first-order valence-corrected chi connectivity index (χ1v) is 5.78. The first-order chi connectivity index (χ1) is 8.11. The van der Waals surface area contributed by atoms with Gasteiger partial charge in [0.2, 0.25) is 5.91 Å². The molecule has 4 heteroatoms. The van der Waals surface area contributed by atoms with Crippen LogP contribution in [0.1, 0.15) is 19.8 Å². The molecule has 0 heterocycles. The molecule has 2 N–H and O–H groups in total. The highest BCUT2D eigenvalue weighted by Gasteiger charge is 2.20. The van der Waals surface area contributed by atoms with Gasteiger partial charge < -0.3 is 15.4 Å². The second-order valence-electron chi connectivity index (χ2n) is 3.96. The van der Waals surface area contributed by atoms with Crippen LogP contribution in [0.5, 0.6) is 5.75 Å². The molecule has 0 unspecified atom stereocenters. The maximum absolute atomic E-state index is 12.0. The van der Waals surface area contributed by atoms with Crippen LogP contribution in [-0.2, 0) is 4.79 Å². The number of benzene rings is 1. The molecule has 0 aromatic heterocycles. The second kappa shape index (κ2) is 6.25. The molecule has 1 rings (SSSR count). The van der Waals surface area contributed by atoms with E-state index in [9.17, 15) is 4.79 Å². The molecule has 1 atom stereocenters. The number of ether oxygens (including phenoxy) is 1.